The standard InChI is InChI=1S/C27H37N7O4/c1-24(2)25(3,4)32(36)22(31(24)35)17-30(18-23-33(37)26(5,6)27(7,8)34(23)38)16-19-12-11-14-21(29-19)20-13-9-10-15-28-20/h9-15H,16-18H2,1-8H3. The Balaban J connectivity index is 1.72. The van der Waals surface area contributed by atoms with Gasteiger partial charge < -0.3 is 10.4 Å². The molecule has 38 heavy (non-hydrogen) atoms. The monoisotopic (exact) mass is 523 g/mol. The molecule has 0 bridgehead atoms. The van der Waals surface area contributed by atoms with Gasteiger partial charge in [0, 0.05) is 23.2 Å². The molecular weight excluding hydrogens is 486 g/mol. The molecule has 2 radical (unpaired) electrons. The Morgan fingerprint density at radius 1 is 0.737 bits per heavy atom. The molecule has 204 valence electrons. The first-order valence-electron chi connectivity index (χ1n) is 12.7. The first-order chi connectivity index (χ1) is 17.5. The molecule has 2 aliphatic heterocycles. The van der Waals surface area contributed by atoms with Gasteiger partial charge in [0.15, 0.2) is 11.1 Å². The minimum Gasteiger partial charge on any atom is -0.715 e. The summed E-state index contributed by atoms with van der Waals surface area (Å²) >= 11 is 0. The number of aromatic nitrogens is 2. The van der Waals surface area contributed by atoms with Gasteiger partial charge >= 0.3 is 0 Å². The number of amidine groups is 2. The molecule has 11 nitrogen and oxygen atoms in total. The number of hydroxylamine groups is 6. The maximum atomic E-state index is 13.3. The van der Waals surface area contributed by atoms with Gasteiger partial charge in [0.2, 0.25) is 0 Å². The predicted octanol–water partition coefficient (Wildman–Crippen LogP) is 3.20. The highest BCUT2D eigenvalue weighted by molar-refractivity contribution is 5.84. The largest absolute Gasteiger partial charge is 0.715 e. The summed E-state index contributed by atoms with van der Waals surface area (Å²) in [7, 11) is 0. The molecule has 4 heterocycles. The van der Waals surface area contributed by atoms with Crippen LogP contribution in [-0.2, 0) is 17.0 Å². The van der Waals surface area contributed by atoms with Crippen molar-refractivity contribution in [3.63, 3.8) is 0 Å². The van der Waals surface area contributed by atoms with E-state index in [0.29, 0.717) is 17.1 Å². The second-order valence-corrected chi connectivity index (χ2v) is 12.1. The summed E-state index contributed by atoms with van der Waals surface area (Å²) in [6, 6.07) is 11.1. The normalized spacial score (nSPS) is 21.7. The topological polar surface area (TPSA) is 127 Å². The average Bonchev–Trinajstić information content (AvgIpc) is 3.05. The highest BCUT2D eigenvalue weighted by atomic mass is 16.5. The second kappa shape index (κ2) is 9.18. The van der Waals surface area contributed by atoms with Crippen LogP contribution in [0.5, 0.6) is 0 Å². The Kier molecular flexibility index (Phi) is 6.70. The van der Waals surface area contributed by atoms with Crippen LogP contribution < -0.4 is 0 Å². The minimum absolute atomic E-state index is 0.0212. The molecule has 2 aliphatic rings. The molecule has 0 unspecified atom stereocenters. The van der Waals surface area contributed by atoms with E-state index < -0.39 is 22.2 Å². The zero-order chi connectivity index (χ0) is 28.3. The predicted molar refractivity (Wildman–Crippen MR) is 141 cm³/mol. The third kappa shape index (κ3) is 4.18. The number of hydrogen-bond donors (Lipinski definition) is 0. The lowest BCUT2D eigenvalue weighted by Crippen LogP contribution is -2.54. The maximum absolute atomic E-state index is 13.3. The van der Waals surface area contributed by atoms with E-state index in [9.17, 15) is 20.8 Å². The van der Waals surface area contributed by atoms with E-state index >= 15 is 0 Å². The Labute approximate surface area is 224 Å². The Morgan fingerprint density at radius 3 is 1.66 bits per heavy atom. The first-order valence-corrected chi connectivity index (χ1v) is 12.7. The molecule has 0 fully saturated rings. The Bertz CT molecular complexity index is 1220. The molecule has 0 aliphatic carbocycles. The molecule has 4 rings (SSSR count). The minimum atomic E-state index is -0.980. The summed E-state index contributed by atoms with van der Waals surface area (Å²) in [5, 5.41) is 54.7. The van der Waals surface area contributed by atoms with Crippen LogP contribution >= 0.6 is 0 Å². The van der Waals surface area contributed by atoms with Gasteiger partial charge in [-0.05, 0) is 79.7 Å². The van der Waals surface area contributed by atoms with Crippen molar-refractivity contribution in [3.8, 4) is 11.4 Å². The lowest BCUT2D eigenvalue weighted by molar-refractivity contribution is -0.541. The summed E-state index contributed by atoms with van der Waals surface area (Å²) in [4.78, 5) is 10.8. The van der Waals surface area contributed by atoms with Crippen molar-refractivity contribution in [2.24, 2.45) is 0 Å². The smallest absolute Gasteiger partial charge is 0.298 e. The zero-order valence-electron chi connectivity index (χ0n) is 23.4. The van der Waals surface area contributed by atoms with Crippen LogP contribution in [0.25, 0.3) is 11.4 Å². The number of hydrogen-bond acceptors (Lipinski definition) is 7. The van der Waals surface area contributed by atoms with Crippen molar-refractivity contribution in [1.82, 2.24) is 25.0 Å². The van der Waals surface area contributed by atoms with E-state index in [2.05, 4.69) is 4.98 Å². The van der Waals surface area contributed by atoms with Gasteiger partial charge in [-0.25, -0.2) is 4.98 Å². The van der Waals surface area contributed by atoms with Crippen LogP contribution in [-0.4, -0.2) is 81.4 Å². The fourth-order valence-electron chi connectivity index (χ4n) is 4.73. The number of pyridine rings is 2. The van der Waals surface area contributed by atoms with Gasteiger partial charge in [-0.15, -0.1) is 0 Å². The van der Waals surface area contributed by atoms with Gasteiger partial charge in [0.25, 0.3) is 11.7 Å². The van der Waals surface area contributed by atoms with Gasteiger partial charge in [-0.3, -0.25) is 19.4 Å². The van der Waals surface area contributed by atoms with Gasteiger partial charge in [0.05, 0.1) is 17.1 Å². The summed E-state index contributed by atoms with van der Waals surface area (Å²) < 4.78 is 1.50. The summed E-state index contributed by atoms with van der Waals surface area (Å²) in [6.45, 7) is 13.9. The lowest BCUT2D eigenvalue weighted by Gasteiger charge is -2.32. The second-order valence-electron chi connectivity index (χ2n) is 12.1. The average molecular weight is 524 g/mol. The van der Waals surface area contributed by atoms with Crippen LogP contribution in [0.2, 0.25) is 0 Å². The van der Waals surface area contributed by atoms with Crippen molar-refractivity contribution in [2.75, 3.05) is 13.1 Å². The quantitative estimate of drug-likeness (QED) is 0.403. The van der Waals surface area contributed by atoms with Crippen molar-refractivity contribution in [3.05, 3.63) is 58.7 Å². The third-order valence-electron chi connectivity index (χ3n) is 8.81. The van der Waals surface area contributed by atoms with E-state index in [1.807, 2.05) is 36.4 Å². The molecule has 0 saturated carbocycles. The number of nitrogens with zero attached hydrogens (tertiary/aromatic N) is 7. The third-order valence-corrected chi connectivity index (χ3v) is 8.81. The molecule has 0 aromatic carbocycles. The SMILES string of the molecule is CC1(C)N([O])C(CN(CC2=[N+]([O-])C(C)(C)C(C)(C)N2[O])Cc2cccc(-c3ccccn3)n2)=[N+]([O-])C1(C)C. The first kappa shape index (κ1) is 27.7. The molecular formula is C27H37N7O4. The molecule has 0 N–H and O–H groups in total. The fourth-order valence-corrected chi connectivity index (χ4v) is 4.73. The van der Waals surface area contributed by atoms with E-state index in [0.717, 1.165) is 19.6 Å². The van der Waals surface area contributed by atoms with Crippen LogP contribution in [0.1, 0.15) is 61.1 Å². The molecule has 2 aromatic heterocycles. The van der Waals surface area contributed by atoms with Gasteiger partial charge in [-0.2, -0.15) is 0 Å². The molecule has 0 amide bonds. The zero-order valence-corrected chi connectivity index (χ0v) is 23.4. The summed E-state index contributed by atoms with van der Waals surface area (Å²) in [6.07, 6.45) is 1.69. The summed E-state index contributed by atoms with van der Waals surface area (Å²) in [5.41, 5.74) is -1.90. The van der Waals surface area contributed by atoms with E-state index in [4.69, 9.17) is 4.98 Å². The number of rotatable bonds is 7. The highest BCUT2D eigenvalue weighted by Crippen LogP contribution is 2.37. The van der Waals surface area contributed by atoms with Crippen molar-refractivity contribution in [2.45, 2.75) is 84.1 Å². The van der Waals surface area contributed by atoms with Gasteiger partial charge in [-0.1, -0.05) is 22.3 Å². The molecule has 0 saturated heterocycles. The van der Waals surface area contributed by atoms with Crippen molar-refractivity contribution < 1.29 is 19.9 Å². The Morgan fingerprint density at radius 2 is 1.24 bits per heavy atom. The van der Waals surface area contributed by atoms with Crippen molar-refractivity contribution in [1.29, 1.82) is 0 Å². The molecule has 0 atom stereocenters. The lowest BCUT2D eigenvalue weighted by atomic mass is 9.84. The van der Waals surface area contributed by atoms with Crippen LogP contribution in [0.15, 0.2) is 42.6 Å². The molecule has 0 spiro atoms. The molecule has 11 heteroatoms. The van der Waals surface area contributed by atoms with Crippen LogP contribution in [0, 0.1) is 10.4 Å². The van der Waals surface area contributed by atoms with Crippen molar-refractivity contribution >= 4 is 11.7 Å². The van der Waals surface area contributed by atoms with E-state index in [-0.39, 0.29) is 31.3 Å². The van der Waals surface area contributed by atoms with E-state index in [1.165, 1.54) is 0 Å². The fraction of sp³-hybridized carbons (Fsp3) is 0.556. The molecule has 2 aromatic rings. The van der Waals surface area contributed by atoms with Crippen LogP contribution in [0.4, 0.5) is 0 Å². The summed E-state index contributed by atoms with van der Waals surface area (Å²) in [5.74, 6) is 0.0424. The van der Waals surface area contributed by atoms with Gasteiger partial charge in [0.1, 0.15) is 24.2 Å². The van der Waals surface area contributed by atoms with Crippen LogP contribution in [0.3, 0.4) is 0 Å². The maximum Gasteiger partial charge on any atom is 0.298 e. The Hall–Kier alpha value is -3.28. The highest BCUT2D eigenvalue weighted by Gasteiger charge is 2.61. The van der Waals surface area contributed by atoms with E-state index in [1.54, 1.807) is 66.5 Å².